The third-order valence-corrected chi connectivity index (χ3v) is 5.51. The van der Waals surface area contributed by atoms with E-state index in [1.165, 1.54) is 4.88 Å². The lowest BCUT2D eigenvalue weighted by atomic mass is 9.91. The van der Waals surface area contributed by atoms with E-state index >= 15 is 0 Å². The number of nitrogens with zero attached hydrogens (tertiary/aromatic N) is 2. The van der Waals surface area contributed by atoms with E-state index in [4.69, 9.17) is 4.74 Å². The number of ether oxygens (including phenoxy) is 1. The predicted octanol–water partition coefficient (Wildman–Crippen LogP) is 3.33. The lowest BCUT2D eigenvalue weighted by Crippen LogP contribution is -2.42. The molecular formula is C21H32N4OS. The Bertz CT molecular complexity index is 711. The SMILES string of the molecule is CN=C(NCc1cccc(OCCN(C)C)c1)NCC(C)(C)c1cccs1. The molecule has 0 fully saturated rings. The standard InChI is InChI=1S/C21H32N4OS/c1-21(2,19-10-7-13-27-19)16-24-20(22-3)23-15-17-8-6-9-18(14-17)26-12-11-25(4)5/h6-10,13-14H,11-12,15-16H2,1-5H3,(H2,22,23,24). The second-order valence-corrected chi connectivity index (χ2v) is 8.39. The van der Waals surface area contributed by atoms with Crippen LogP contribution in [0.5, 0.6) is 5.75 Å². The Balaban J connectivity index is 1.83. The topological polar surface area (TPSA) is 48.9 Å². The lowest BCUT2D eigenvalue weighted by molar-refractivity contribution is 0.261. The van der Waals surface area contributed by atoms with E-state index in [1.54, 1.807) is 18.4 Å². The van der Waals surface area contributed by atoms with Gasteiger partial charge in [0.05, 0.1) is 0 Å². The smallest absolute Gasteiger partial charge is 0.191 e. The van der Waals surface area contributed by atoms with Crippen LogP contribution in [0.15, 0.2) is 46.8 Å². The Morgan fingerprint density at radius 1 is 1.19 bits per heavy atom. The maximum absolute atomic E-state index is 5.81. The second-order valence-electron chi connectivity index (χ2n) is 7.44. The minimum absolute atomic E-state index is 0.0615. The number of aliphatic imine (C=N–C) groups is 1. The molecule has 1 heterocycles. The van der Waals surface area contributed by atoms with Crippen LogP contribution in [0, 0.1) is 0 Å². The number of hydrogen-bond donors (Lipinski definition) is 2. The maximum Gasteiger partial charge on any atom is 0.191 e. The van der Waals surface area contributed by atoms with E-state index in [2.05, 4.69) is 64.0 Å². The summed E-state index contributed by atoms with van der Waals surface area (Å²) in [4.78, 5) is 7.82. The number of thiophene rings is 1. The van der Waals surface area contributed by atoms with Gasteiger partial charge in [-0.2, -0.15) is 0 Å². The zero-order valence-corrected chi connectivity index (χ0v) is 17.9. The zero-order valence-electron chi connectivity index (χ0n) is 17.1. The monoisotopic (exact) mass is 388 g/mol. The Kier molecular flexibility index (Phi) is 8.13. The number of guanidine groups is 1. The molecule has 0 aliphatic rings. The van der Waals surface area contributed by atoms with Crippen molar-refractivity contribution in [2.24, 2.45) is 4.99 Å². The molecule has 1 aromatic carbocycles. The van der Waals surface area contributed by atoms with Gasteiger partial charge in [-0.25, -0.2) is 0 Å². The Labute approximate surface area is 167 Å². The van der Waals surface area contributed by atoms with Gasteiger partial charge in [-0.3, -0.25) is 4.99 Å². The zero-order chi connectivity index (χ0) is 19.7. The normalized spacial score (nSPS) is 12.3. The van der Waals surface area contributed by atoms with E-state index in [9.17, 15) is 0 Å². The highest BCUT2D eigenvalue weighted by atomic mass is 32.1. The first-order valence-corrected chi connectivity index (χ1v) is 10.1. The summed E-state index contributed by atoms with van der Waals surface area (Å²) in [5.74, 6) is 1.71. The van der Waals surface area contributed by atoms with Crippen molar-refractivity contribution in [2.45, 2.75) is 25.8 Å². The van der Waals surface area contributed by atoms with Crippen LogP contribution in [0.3, 0.4) is 0 Å². The van der Waals surface area contributed by atoms with Crippen LogP contribution in [0.1, 0.15) is 24.3 Å². The van der Waals surface area contributed by atoms with Crippen LogP contribution >= 0.6 is 11.3 Å². The molecule has 0 saturated heterocycles. The number of rotatable bonds is 9. The van der Waals surface area contributed by atoms with Gasteiger partial charge in [-0.1, -0.05) is 32.0 Å². The molecule has 2 N–H and O–H groups in total. The Morgan fingerprint density at radius 2 is 2.00 bits per heavy atom. The molecule has 6 heteroatoms. The van der Waals surface area contributed by atoms with Gasteiger partial charge < -0.3 is 20.3 Å². The number of benzene rings is 1. The van der Waals surface area contributed by atoms with Gasteiger partial charge in [0.15, 0.2) is 5.96 Å². The van der Waals surface area contributed by atoms with Crippen LogP contribution in [0.25, 0.3) is 0 Å². The van der Waals surface area contributed by atoms with E-state index in [-0.39, 0.29) is 5.41 Å². The average molecular weight is 389 g/mol. The summed E-state index contributed by atoms with van der Waals surface area (Å²) in [6.07, 6.45) is 0. The summed E-state index contributed by atoms with van der Waals surface area (Å²) in [7, 11) is 5.89. The number of hydrogen-bond acceptors (Lipinski definition) is 4. The van der Waals surface area contributed by atoms with Crippen molar-refractivity contribution in [2.75, 3.05) is 40.8 Å². The summed E-state index contributed by atoms with van der Waals surface area (Å²) in [6.45, 7) is 7.59. The molecule has 0 bridgehead atoms. The summed E-state index contributed by atoms with van der Waals surface area (Å²) < 4.78 is 5.81. The highest BCUT2D eigenvalue weighted by Crippen LogP contribution is 2.26. The minimum atomic E-state index is 0.0615. The minimum Gasteiger partial charge on any atom is -0.492 e. The molecule has 0 spiro atoms. The predicted molar refractivity (Wildman–Crippen MR) is 116 cm³/mol. The van der Waals surface area contributed by atoms with Gasteiger partial charge in [-0.05, 0) is 43.2 Å². The van der Waals surface area contributed by atoms with E-state index in [0.717, 1.165) is 30.4 Å². The molecule has 0 aliphatic heterocycles. The van der Waals surface area contributed by atoms with E-state index in [0.29, 0.717) is 13.2 Å². The first-order chi connectivity index (χ1) is 12.9. The van der Waals surface area contributed by atoms with Gasteiger partial charge >= 0.3 is 0 Å². The fraction of sp³-hybridized carbons (Fsp3) is 0.476. The van der Waals surface area contributed by atoms with Gasteiger partial charge in [0, 0.05) is 37.0 Å². The third-order valence-electron chi connectivity index (χ3n) is 4.28. The van der Waals surface area contributed by atoms with Crippen LogP contribution in [-0.2, 0) is 12.0 Å². The summed E-state index contributed by atoms with van der Waals surface area (Å²) in [6, 6.07) is 12.5. The summed E-state index contributed by atoms with van der Waals surface area (Å²) in [5.41, 5.74) is 1.23. The second kappa shape index (κ2) is 10.3. The molecule has 2 rings (SSSR count). The first kappa shape index (κ1) is 21.3. The van der Waals surface area contributed by atoms with E-state index < -0.39 is 0 Å². The van der Waals surface area contributed by atoms with Crippen LogP contribution in [0.2, 0.25) is 0 Å². The molecule has 0 amide bonds. The highest BCUT2D eigenvalue weighted by molar-refractivity contribution is 7.10. The van der Waals surface area contributed by atoms with Crippen molar-refractivity contribution in [1.29, 1.82) is 0 Å². The molecule has 0 radical (unpaired) electrons. The molecule has 1 aromatic heterocycles. The van der Waals surface area contributed by atoms with Crippen LogP contribution in [-0.4, -0.2) is 51.7 Å². The molecule has 5 nitrogen and oxygen atoms in total. The van der Waals surface area contributed by atoms with E-state index in [1.807, 2.05) is 26.2 Å². The largest absolute Gasteiger partial charge is 0.492 e. The highest BCUT2D eigenvalue weighted by Gasteiger charge is 2.21. The van der Waals surface area contributed by atoms with Crippen molar-refractivity contribution < 1.29 is 4.74 Å². The number of likely N-dealkylation sites (N-methyl/N-ethyl adjacent to an activating group) is 1. The molecule has 0 saturated carbocycles. The van der Waals surface area contributed by atoms with Crippen molar-refractivity contribution in [1.82, 2.24) is 15.5 Å². The molecular weight excluding hydrogens is 356 g/mol. The fourth-order valence-corrected chi connectivity index (χ4v) is 3.41. The fourth-order valence-electron chi connectivity index (χ4n) is 2.55. The molecule has 0 unspecified atom stereocenters. The van der Waals surface area contributed by atoms with Crippen LogP contribution in [0.4, 0.5) is 0 Å². The molecule has 2 aromatic rings. The number of nitrogens with one attached hydrogen (secondary N) is 2. The van der Waals surface area contributed by atoms with Crippen molar-refractivity contribution in [3.63, 3.8) is 0 Å². The molecule has 27 heavy (non-hydrogen) atoms. The van der Waals surface area contributed by atoms with Crippen molar-refractivity contribution >= 4 is 17.3 Å². The molecule has 148 valence electrons. The summed E-state index contributed by atoms with van der Waals surface area (Å²) >= 11 is 1.79. The molecule has 0 atom stereocenters. The van der Waals surface area contributed by atoms with Crippen LogP contribution < -0.4 is 15.4 Å². The summed E-state index contributed by atoms with van der Waals surface area (Å²) in [5, 5.41) is 8.94. The third kappa shape index (κ3) is 7.23. The van der Waals surface area contributed by atoms with Gasteiger partial charge in [0.25, 0.3) is 0 Å². The Hall–Kier alpha value is -2.05. The quantitative estimate of drug-likeness (QED) is 0.511. The van der Waals surface area contributed by atoms with Gasteiger partial charge in [0.2, 0.25) is 0 Å². The Morgan fingerprint density at radius 3 is 2.67 bits per heavy atom. The average Bonchev–Trinajstić information content (AvgIpc) is 3.17. The first-order valence-electron chi connectivity index (χ1n) is 9.26. The lowest BCUT2D eigenvalue weighted by Gasteiger charge is -2.25. The molecule has 0 aliphatic carbocycles. The van der Waals surface area contributed by atoms with Crippen molar-refractivity contribution in [3.8, 4) is 5.75 Å². The maximum atomic E-state index is 5.81. The van der Waals surface area contributed by atoms with Gasteiger partial charge in [0.1, 0.15) is 12.4 Å². The van der Waals surface area contributed by atoms with Gasteiger partial charge in [-0.15, -0.1) is 11.3 Å². The van der Waals surface area contributed by atoms with Crippen molar-refractivity contribution in [3.05, 3.63) is 52.2 Å².